The number of nitrogens with two attached hydrogens (primary N) is 1. The summed E-state index contributed by atoms with van der Waals surface area (Å²) in [5.41, 5.74) is 10.4. The predicted molar refractivity (Wildman–Crippen MR) is 126 cm³/mol. The van der Waals surface area contributed by atoms with Crippen molar-refractivity contribution >= 4 is 49.8 Å². The molecule has 1 atom stereocenters. The molecule has 0 amide bonds. The molecule has 1 aliphatic carbocycles. The third-order valence-corrected chi connectivity index (χ3v) is 9.75. The van der Waals surface area contributed by atoms with Crippen LogP contribution in [0.1, 0.15) is 32.1 Å². The number of hydrogen-bond acceptors (Lipinski definition) is 5. The third kappa shape index (κ3) is 3.59. The van der Waals surface area contributed by atoms with Gasteiger partial charge < -0.3 is 10.3 Å². The molecule has 5 rings (SSSR count). The van der Waals surface area contributed by atoms with Gasteiger partial charge in [-0.05, 0) is 54.3 Å². The quantitative estimate of drug-likeness (QED) is 0.360. The summed E-state index contributed by atoms with van der Waals surface area (Å²) in [6.45, 7) is 0. The minimum Gasteiger partial charge on any atom is -0.611 e. The molecule has 0 saturated heterocycles. The van der Waals surface area contributed by atoms with Gasteiger partial charge in [-0.25, -0.2) is 4.98 Å². The van der Waals surface area contributed by atoms with Gasteiger partial charge in [0.1, 0.15) is 15.8 Å². The fourth-order valence-corrected chi connectivity index (χ4v) is 7.97. The first-order valence-electron chi connectivity index (χ1n) is 9.95. The average Bonchev–Trinajstić information content (AvgIpc) is 3.42. The van der Waals surface area contributed by atoms with Crippen LogP contribution in [0.25, 0.3) is 31.9 Å². The smallest absolute Gasteiger partial charge is 0.232 e. The van der Waals surface area contributed by atoms with Crippen LogP contribution in [0.4, 0.5) is 5.69 Å². The molecule has 3 aromatic heterocycles. The van der Waals surface area contributed by atoms with Gasteiger partial charge >= 0.3 is 0 Å². The second kappa shape index (κ2) is 8.11. The second-order valence-electron chi connectivity index (χ2n) is 7.44. The van der Waals surface area contributed by atoms with E-state index in [1.807, 2.05) is 24.3 Å². The van der Waals surface area contributed by atoms with Gasteiger partial charge in [0, 0.05) is 16.6 Å². The fraction of sp³-hybridized carbons (Fsp3) is 0.261. The molecule has 0 spiro atoms. The largest absolute Gasteiger partial charge is 0.611 e. The number of rotatable bonds is 4. The number of anilines is 1. The van der Waals surface area contributed by atoms with E-state index in [4.69, 9.17) is 10.7 Å². The van der Waals surface area contributed by atoms with Crippen molar-refractivity contribution in [2.75, 3.05) is 5.73 Å². The maximum atomic E-state index is 13.4. The lowest BCUT2D eigenvalue weighted by Crippen LogP contribution is -2.24. The van der Waals surface area contributed by atoms with Gasteiger partial charge in [0.15, 0.2) is 0 Å². The monoisotopic (exact) mass is 438 g/mol. The lowest BCUT2D eigenvalue weighted by molar-refractivity contribution is 0.484. The minimum absolute atomic E-state index is 0.219. The highest BCUT2D eigenvalue weighted by Gasteiger charge is 2.32. The summed E-state index contributed by atoms with van der Waals surface area (Å²) in [5.74, 6) is 0. The van der Waals surface area contributed by atoms with Crippen molar-refractivity contribution in [2.45, 2.75) is 41.6 Å². The van der Waals surface area contributed by atoms with Crippen LogP contribution in [0.5, 0.6) is 0 Å². The fourth-order valence-electron chi connectivity index (χ4n) is 4.08. The molecular formula is C23H22N2OS3. The Morgan fingerprint density at radius 1 is 1.03 bits per heavy atom. The summed E-state index contributed by atoms with van der Waals surface area (Å²) < 4.78 is 14.2. The van der Waals surface area contributed by atoms with Gasteiger partial charge in [0.25, 0.3) is 0 Å². The number of pyridine rings is 1. The van der Waals surface area contributed by atoms with Crippen LogP contribution in [0, 0.1) is 0 Å². The molecule has 0 bridgehead atoms. The van der Waals surface area contributed by atoms with E-state index in [1.165, 1.54) is 17.8 Å². The Balaban J connectivity index is 1.69. The summed E-state index contributed by atoms with van der Waals surface area (Å²) in [6, 6.07) is 16.5. The Morgan fingerprint density at radius 3 is 2.55 bits per heavy atom. The minimum atomic E-state index is -1.07. The van der Waals surface area contributed by atoms with E-state index in [9.17, 15) is 4.55 Å². The van der Waals surface area contributed by atoms with Gasteiger partial charge in [0.05, 0.1) is 10.6 Å². The lowest BCUT2D eigenvalue weighted by atomic mass is 10.0. The summed E-state index contributed by atoms with van der Waals surface area (Å²) in [4.78, 5) is 6.94. The molecular weight excluding hydrogens is 416 g/mol. The van der Waals surface area contributed by atoms with Crippen LogP contribution in [-0.4, -0.2) is 14.8 Å². The van der Waals surface area contributed by atoms with Crippen molar-refractivity contribution in [1.29, 1.82) is 0 Å². The zero-order valence-corrected chi connectivity index (χ0v) is 18.4. The normalized spacial score (nSPS) is 16.3. The highest BCUT2D eigenvalue weighted by molar-refractivity contribution is 7.94. The average molecular weight is 439 g/mol. The first-order valence-corrected chi connectivity index (χ1v) is 12.9. The topological polar surface area (TPSA) is 62.0 Å². The lowest BCUT2D eigenvalue weighted by Gasteiger charge is -2.23. The van der Waals surface area contributed by atoms with Crippen molar-refractivity contribution in [3.8, 4) is 21.7 Å². The number of nitrogen functional groups attached to an aromatic ring is 1. The van der Waals surface area contributed by atoms with E-state index >= 15 is 0 Å². The number of benzene rings is 1. The summed E-state index contributed by atoms with van der Waals surface area (Å²) in [5, 5.41) is 3.23. The van der Waals surface area contributed by atoms with Crippen LogP contribution < -0.4 is 5.73 Å². The Morgan fingerprint density at radius 2 is 1.83 bits per heavy atom. The molecule has 2 N–H and O–H groups in total. The van der Waals surface area contributed by atoms with Crippen LogP contribution in [0.15, 0.2) is 58.1 Å². The molecule has 3 nitrogen and oxygen atoms in total. The Bertz CT molecular complexity index is 1120. The Kier molecular flexibility index (Phi) is 5.35. The van der Waals surface area contributed by atoms with Gasteiger partial charge in [-0.1, -0.05) is 54.2 Å². The maximum absolute atomic E-state index is 13.4. The molecule has 1 fully saturated rings. The molecule has 148 valence electrons. The van der Waals surface area contributed by atoms with Crippen molar-refractivity contribution in [1.82, 2.24) is 4.98 Å². The van der Waals surface area contributed by atoms with E-state index in [-0.39, 0.29) is 5.25 Å². The van der Waals surface area contributed by atoms with E-state index < -0.39 is 11.2 Å². The molecule has 4 aromatic rings. The molecule has 1 unspecified atom stereocenters. The van der Waals surface area contributed by atoms with Crippen LogP contribution in [0.2, 0.25) is 0 Å². The van der Waals surface area contributed by atoms with Crippen molar-refractivity contribution in [3.63, 3.8) is 0 Å². The molecule has 1 aliphatic rings. The summed E-state index contributed by atoms with van der Waals surface area (Å²) in [7, 11) is 0. The SMILES string of the molecule is Nc1c([S+]([O-])C2CCCCC2)sc2nc(-c3cccs3)cc(-c3ccccc3)c12. The van der Waals surface area contributed by atoms with Gasteiger partial charge in [-0.2, -0.15) is 0 Å². The molecule has 29 heavy (non-hydrogen) atoms. The van der Waals surface area contributed by atoms with Gasteiger partial charge in [-0.3, -0.25) is 0 Å². The molecule has 6 heteroatoms. The second-order valence-corrected chi connectivity index (χ2v) is 11.3. The van der Waals surface area contributed by atoms with Gasteiger partial charge in [0.2, 0.25) is 4.21 Å². The van der Waals surface area contributed by atoms with E-state index in [2.05, 4.69) is 29.6 Å². The summed E-state index contributed by atoms with van der Waals surface area (Å²) >= 11 is 2.13. The summed E-state index contributed by atoms with van der Waals surface area (Å²) in [6.07, 6.45) is 5.63. The standard InChI is InChI=1S/C23H22N2OS3/c24-21-20-17(15-8-3-1-4-9-15)14-18(19-12-7-13-27-19)25-22(20)28-23(21)29(26)16-10-5-2-6-11-16/h1,3-4,7-9,12-14,16H,2,5-6,10-11,24H2. The molecule has 1 aromatic carbocycles. The maximum Gasteiger partial charge on any atom is 0.232 e. The highest BCUT2D eigenvalue weighted by atomic mass is 32.2. The third-order valence-electron chi connectivity index (χ3n) is 5.56. The van der Waals surface area contributed by atoms with Gasteiger partial charge in [-0.15, -0.1) is 11.3 Å². The highest BCUT2D eigenvalue weighted by Crippen LogP contribution is 2.45. The zero-order chi connectivity index (χ0) is 19.8. The van der Waals surface area contributed by atoms with Crippen LogP contribution in [0.3, 0.4) is 0 Å². The zero-order valence-electron chi connectivity index (χ0n) is 16.0. The Hall–Kier alpha value is -1.86. The first-order chi connectivity index (χ1) is 14.2. The molecule has 0 aliphatic heterocycles. The van der Waals surface area contributed by atoms with E-state index in [0.717, 1.165) is 61.8 Å². The number of aromatic nitrogens is 1. The van der Waals surface area contributed by atoms with Crippen LogP contribution >= 0.6 is 22.7 Å². The van der Waals surface area contributed by atoms with Crippen molar-refractivity contribution in [3.05, 3.63) is 53.9 Å². The van der Waals surface area contributed by atoms with E-state index in [0.29, 0.717) is 5.69 Å². The van der Waals surface area contributed by atoms with Crippen molar-refractivity contribution < 1.29 is 4.55 Å². The van der Waals surface area contributed by atoms with Crippen LogP contribution in [-0.2, 0) is 11.2 Å². The predicted octanol–water partition coefficient (Wildman–Crippen LogP) is 6.71. The number of fused-ring (bicyclic) bond motifs is 1. The number of nitrogens with zero attached hydrogens (tertiary/aromatic N) is 1. The van der Waals surface area contributed by atoms with E-state index in [1.54, 1.807) is 11.3 Å². The molecule has 3 heterocycles. The molecule has 0 radical (unpaired) electrons. The number of hydrogen-bond donors (Lipinski definition) is 1. The number of thiophene rings is 2. The molecule has 1 saturated carbocycles. The Labute approximate surface area is 181 Å². The van der Waals surface area contributed by atoms with Crippen molar-refractivity contribution in [2.24, 2.45) is 0 Å². The first kappa shape index (κ1) is 19.1.